The van der Waals surface area contributed by atoms with Crippen LogP contribution in [0.4, 0.5) is 5.82 Å². The second-order valence-corrected chi connectivity index (χ2v) is 6.16. The Balaban J connectivity index is 2.18. The molecule has 82 valence electrons. The van der Waals surface area contributed by atoms with Gasteiger partial charge in [-0.2, -0.15) is 0 Å². The van der Waals surface area contributed by atoms with Crippen molar-refractivity contribution in [3.8, 4) is 0 Å². The Kier molecular flexibility index (Phi) is 2.84. The summed E-state index contributed by atoms with van der Waals surface area (Å²) in [6.07, 6.45) is 1.66. The molecule has 1 aliphatic heterocycles. The smallest absolute Gasteiger partial charge is 0.153 e. The molecule has 6 heteroatoms. The van der Waals surface area contributed by atoms with Crippen LogP contribution in [0.25, 0.3) is 0 Å². The summed E-state index contributed by atoms with van der Waals surface area (Å²) in [5, 5.41) is 0.566. The van der Waals surface area contributed by atoms with Crippen LogP contribution in [0.15, 0.2) is 18.3 Å². The van der Waals surface area contributed by atoms with Gasteiger partial charge in [-0.05, 0) is 12.1 Å². The summed E-state index contributed by atoms with van der Waals surface area (Å²) >= 11 is 5.98. The Hall–Kier alpha value is -0.810. The molecule has 1 aromatic heterocycles. The summed E-state index contributed by atoms with van der Waals surface area (Å²) in [6.45, 7) is 0.943. The highest BCUT2D eigenvalue weighted by molar-refractivity contribution is 7.91. The van der Waals surface area contributed by atoms with Gasteiger partial charge in [-0.1, -0.05) is 11.6 Å². The van der Waals surface area contributed by atoms with Gasteiger partial charge in [0.25, 0.3) is 0 Å². The van der Waals surface area contributed by atoms with E-state index in [1.165, 1.54) is 0 Å². The van der Waals surface area contributed by atoms with Crippen molar-refractivity contribution >= 4 is 27.3 Å². The van der Waals surface area contributed by atoms with E-state index in [9.17, 15) is 8.42 Å². The molecule has 1 aliphatic rings. The summed E-state index contributed by atoms with van der Waals surface area (Å²) in [6, 6.07) is 3.51. The number of halogens is 1. The Morgan fingerprint density at radius 3 is 2.60 bits per heavy atom. The van der Waals surface area contributed by atoms with Crippen LogP contribution in [0.2, 0.25) is 5.02 Å². The van der Waals surface area contributed by atoms with Gasteiger partial charge in [0, 0.05) is 19.3 Å². The lowest BCUT2D eigenvalue weighted by molar-refractivity contribution is 0.586. The van der Waals surface area contributed by atoms with Gasteiger partial charge >= 0.3 is 0 Å². The van der Waals surface area contributed by atoms with Crippen LogP contribution in [0.5, 0.6) is 0 Å². The standard InChI is InChI=1S/C9H11ClN2O2S/c10-8-2-1-3-11-9(8)12-4-6-15(13,14)7-5-12/h1-3H,4-7H2. The zero-order valence-electron chi connectivity index (χ0n) is 8.06. The van der Waals surface area contributed by atoms with Crippen molar-refractivity contribution in [3.05, 3.63) is 23.4 Å². The van der Waals surface area contributed by atoms with E-state index in [1.54, 1.807) is 18.3 Å². The van der Waals surface area contributed by atoms with E-state index in [0.29, 0.717) is 23.9 Å². The third kappa shape index (κ3) is 2.41. The maximum Gasteiger partial charge on any atom is 0.153 e. The fourth-order valence-corrected chi connectivity index (χ4v) is 2.98. The second-order valence-electron chi connectivity index (χ2n) is 3.45. The van der Waals surface area contributed by atoms with Gasteiger partial charge in [-0.3, -0.25) is 0 Å². The SMILES string of the molecule is O=S1(=O)CCN(c2ncccc2Cl)CC1. The van der Waals surface area contributed by atoms with Crippen LogP contribution in [0, 0.1) is 0 Å². The Labute approximate surface area is 93.8 Å². The molecule has 0 amide bonds. The fourth-order valence-electron chi connectivity index (χ4n) is 1.53. The number of nitrogens with zero attached hydrogens (tertiary/aromatic N) is 2. The van der Waals surface area contributed by atoms with Crippen LogP contribution < -0.4 is 4.90 Å². The first-order valence-corrected chi connectivity index (χ1v) is 6.84. The van der Waals surface area contributed by atoms with E-state index in [2.05, 4.69) is 4.98 Å². The van der Waals surface area contributed by atoms with E-state index < -0.39 is 9.84 Å². The summed E-state index contributed by atoms with van der Waals surface area (Å²) in [5.74, 6) is 1.04. The Bertz CT molecular complexity index is 447. The van der Waals surface area contributed by atoms with Crippen molar-refractivity contribution in [1.82, 2.24) is 4.98 Å². The second kappa shape index (κ2) is 3.98. The minimum Gasteiger partial charge on any atom is -0.353 e. The lowest BCUT2D eigenvalue weighted by atomic mass is 10.4. The van der Waals surface area contributed by atoms with Gasteiger partial charge in [0.2, 0.25) is 0 Å². The number of hydrogen-bond donors (Lipinski definition) is 0. The molecule has 1 aromatic rings. The average Bonchev–Trinajstić information content (AvgIpc) is 2.19. The zero-order chi connectivity index (χ0) is 10.9. The van der Waals surface area contributed by atoms with E-state index >= 15 is 0 Å². The molecule has 0 N–H and O–H groups in total. The van der Waals surface area contributed by atoms with Gasteiger partial charge in [-0.15, -0.1) is 0 Å². The third-order valence-electron chi connectivity index (χ3n) is 2.38. The van der Waals surface area contributed by atoms with E-state index in [1.807, 2.05) is 4.90 Å². The molecule has 0 radical (unpaired) electrons. The first-order chi connectivity index (χ1) is 7.08. The molecule has 0 spiro atoms. The van der Waals surface area contributed by atoms with E-state index in [4.69, 9.17) is 11.6 Å². The van der Waals surface area contributed by atoms with Crippen molar-refractivity contribution in [2.24, 2.45) is 0 Å². The highest BCUT2D eigenvalue weighted by Crippen LogP contribution is 2.23. The van der Waals surface area contributed by atoms with Gasteiger partial charge in [0.1, 0.15) is 5.82 Å². The van der Waals surface area contributed by atoms with Crippen molar-refractivity contribution in [2.75, 3.05) is 29.5 Å². The van der Waals surface area contributed by atoms with Crippen molar-refractivity contribution in [1.29, 1.82) is 0 Å². The zero-order valence-corrected chi connectivity index (χ0v) is 9.63. The molecule has 4 nitrogen and oxygen atoms in total. The molecular weight excluding hydrogens is 236 g/mol. The molecule has 0 unspecified atom stereocenters. The van der Waals surface area contributed by atoms with Crippen molar-refractivity contribution in [2.45, 2.75) is 0 Å². The highest BCUT2D eigenvalue weighted by Gasteiger charge is 2.23. The Morgan fingerprint density at radius 2 is 2.00 bits per heavy atom. The summed E-state index contributed by atoms with van der Waals surface area (Å²) in [5.41, 5.74) is 0. The third-order valence-corrected chi connectivity index (χ3v) is 4.29. The minimum absolute atomic E-state index is 0.180. The monoisotopic (exact) mass is 246 g/mol. The summed E-state index contributed by atoms with van der Waals surface area (Å²) in [4.78, 5) is 6.05. The molecule has 1 fully saturated rings. The van der Waals surface area contributed by atoms with Crippen LogP contribution in [-0.4, -0.2) is 38.0 Å². The molecule has 2 rings (SSSR count). The largest absolute Gasteiger partial charge is 0.353 e. The minimum atomic E-state index is -2.85. The van der Waals surface area contributed by atoms with Crippen LogP contribution >= 0.6 is 11.6 Å². The quantitative estimate of drug-likeness (QED) is 0.741. The van der Waals surface area contributed by atoms with E-state index in [-0.39, 0.29) is 11.5 Å². The summed E-state index contributed by atoms with van der Waals surface area (Å²) in [7, 11) is -2.85. The van der Waals surface area contributed by atoms with Crippen LogP contribution in [0.1, 0.15) is 0 Å². The predicted molar refractivity (Wildman–Crippen MR) is 60.1 cm³/mol. The molecule has 1 saturated heterocycles. The number of sulfone groups is 1. The normalized spacial score (nSPS) is 20.2. The van der Waals surface area contributed by atoms with Crippen LogP contribution in [0.3, 0.4) is 0 Å². The fraction of sp³-hybridized carbons (Fsp3) is 0.444. The van der Waals surface area contributed by atoms with E-state index in [0.717, 1.165) is 0 Å². The number of rotatable bonds is 1. The average molecular weight is 247 g/mol. The van der Waals surface area contributed by atoms with Gasteiger partial charge in [0.05, 0.1) is 16.5 Å². The van der Waals surface area contributed by atoms with Gasteiger partial charge in [-0.25, -0.2) is 13.4 Å². The van der Waals surface area contributed by atoms with Gasteiger partial charge in [0.15, 0.2) is 9.84 Å². The molecule has 15 heavy (non-hydrogen) atoms. The van der Waals surface area contributed by atoms with Crippen molar-refractivity contribution in [3.63, 3.8) is 0 Å². The molecule has 0 atom stereocenters. The topological polar surface area (TPSA) is 50.3 Å². The maximum atomic E-state index is 11.2. The number of pyridine rings is 1. The molecule has 0 aromatic carbocycles. The predicted octanol–water partition coefficient (Wildman–Crippen LogP) is 0.970. The van der Waals surface area contributed by atoms with Crippen LogP contribution in [-0.2, 0) is 9.84 Å². The first-order valence-electron chi connectivity index (χ1n) is 4.64. The lowest BCUT2D eigenvalue weighted by Crippen LogP contribution is -2.40. The number of anilines is 1. The molecule has 0 bridgehead atoms. The summed E-state index contributed by atoms with van der Waals surface area (Å²) < 4.78 is 22.5. The first kappa shape index (κ1) is 10.7. The highest BCUT2D eigenvalue weighted by atomic mass is 35.5. The molecule has 2 heterocycles. The molecular formula is C9H11ClN2O2S. The van der Waals surface area contributed by atoms with Gasteiger partial charge < -0.3 is 4.90 Å². The number of hydrogen-bond acceptors (Lipinski definition) is 4. The Morgan fingerprint density at radius 1 is 1.33 bits per heavy atom. The lowest BCUT2D eigenvalue weighted by Gasteiger charge is -2.28. The maximum absolute atomic E-state index is 11.2. The number of aromatic nitrogens is 1. The molecule has 0 saturated carbocycles. The van der Waals surface area contributed by atoms with Crippen molar-refractivity contribution < 1.29 is 8.42 Å². The molecule has 0 aliphatic carbocycles.